The minimum Gasteiger partial charge on any atom is -0.508 e. The number of rotatable bonds is 7. The molecule has 1 amide bonds. The summed E-state index contributed by atoms with van der Waals surface area (Å²) in [5.41, 5.74) is 3.18. The lowest BCUT2D eigenvalue weighted by Gasteiger charge is -2.16. The maximum atomic E-state index is 12.6. The highest BCUT2D eigenvalue weighted by molar-refractivity contribution is 9.10. The number of hydrogen-bond acceptors (Lipinski definition) is 5. The van der Waals surface area contributed by atoms with Crippen LogP contribution in [-0.2, 0) is 11.4 Å². The average Bonchev–Trinajstić information content (AvgIpc) is 2.88. The van der Waals surface area contributed by atoms with Crippen LogP contribution >= 0.6 is 15.9 Å². The second-order valence-electron chi connectivity index (χ2n) is 8.08. The van der Waals surface area contributed by atoms with Gasteiger partial charge in [0.05, 0.1) is 11.6 Å². The van der Waals surface area contributed by atoms with Gasteiger partial charge in [0.15, 0.2) is 11.5 Å². The number of hydrogen-bond donors (Lipinski definition) is 2. The highest BCUT2D eigenvalue weighted by Crippen LogP contribution is 2.38. The minimum absolute atomic E-state index is 0.0823. The molecule has 0 bridgehead atoms. The zero-order chi connectivity index (χ0) is 25.7. The van der Waals surface area contributed by atoms with E-state index >= 15 is 0 Å². The van der Waals surface area contributed by atoms with Crippen molar-refractivity contribution in [3.05, 3.63) is 99.5 Å². The third kappa shape index (κ3) is 5.51. The Balaban J connectivity index is 1.58. The van der Waals surface area contributed by atoms with E-state index in [1.54, 1.807) is 24.3 Å². The first-order valence-electron chi connectivity index (χ1n) is 11.1. The molecule has 6 nitrogen and oxygen atoms in total. The SMILES string of the molecule is COc1cc(/C=C(\C#N)C(=O)Nc2ccc(O)cc2)cc(Br)c1OCc1c(C)ccc2ccccc12. The van der Waals surface area contributed by atoms with Gasteiger partial charge < -0.3 is 19.9 Å². The van der Waals surface area contributed by atoms with Gasteiger partial charge in [0, 0.05) is 11.3 Å². The first kappa shape index (κ1) is 24.8. The Morgan fingerprint density at radius 1 is 1.11 bits per heavy atom. The molecule has 0 saturated heterocycles. The second kappa shape index (κ2) is 11.0. The van der Waals surface area contributed by atoms with E-state index < -0.39 is 5.91 Å². The first-order chi connectivity index (χ1) is 17.4. The van der Waals surface area contributed by atoms with Crippen molar-refractivity contribution in [1.29, 1.82) is 5.26 Å². The van der Waals surface area contributed by atoms with Gasteiger partial charge in [0.2, 0.25) is 0 Å². The van der Waals surface area contributed by atoms with Crippen LogP contribution in [0.3, 0.4) is 0 Å². The molecule has 4 aromatic carbocycles. The third-order valence-corrected chi connectivity index (χ3v) is 6.28. The van der Waals surface area contributed by atoms with Crippen LogP contribution in [0.2, 0.25) is 0 Å². The number of aromatic hydroxyl groups is 1. The number of carbonyl (C=O) groups is 1. The number of fused-ring (bicyclic) bond motifs is 1. The van der Waals surface area contributed by atoms with Gasteiger partial charge >= 0.3 is 0 Å². The van der Waals surface area contributed by atoms with Gasteiger partial charge in [-0.05, 0) is 87.2 Å². The van der Waals surface area contributed by atoms with Crippen LogP contribution in [0, 0.1) is 18.3 Å². The lowest BCUT2D eigenvalue weighted by Crippen LogP contribution is -2.13. The molecular formula is C29H23BrN2O4. The van der Waals surface area contributed by atoms with Crippen molar-refractivity contribution in [1.82, 2.24) is 0 Å². The molecule has 0 radical (unpaired) electrons. The molecule has 0 aliphatic rings. The molecule has 0 aliphatic carbocycles. The standard InChI is InChI=1S/C29H23BrN2O4/c1-18-7-8-20-5-3-4-6-24(20)25(18)17-36-28-26(30)14-19(15-27(28)35-2)13-21(16-31)29(34)32-22-9-11-23(33)12-10-22/h3-15,33H,17H2,1-2H3,(H,32,34)/b21-13+. The van der Waals surface area contributed by atoms with Crippen molar-refractivity contribution >= 4 is 44.4 Å². The molecule has 0 fully saturated rings. The number of nitrogens with zero attached hydrogens (tertiary/aromatic N) is 1. The number of halogens is 1. The normalized spacial score (nSPS) is 11.1. The number of amides is 1. The van der Waals surface area contributed by atoms with E-state index in [0.717, 1.165) is 21.9 Å². The molecular weight excluding hydrogens is 520 g/mol. The number of aryl methyl sites for hydroxylation is 1. The summed E-state index contributed by atoms with van der Waals surface area (Å²) in [6, 6.07) is 23.7. The maximum Gasteiger partial charge on any atom is 0.266 e. The summed E-state index contributed by atoms with van der Waals surface area (Å²) < 4.78 is 12.4. The summed E-state index contributed by atoms with van der Waals surface area (Å²) in [6.07, 6.45) is 1.47. The summed E-state index contributed by atoms with van der Waals surface area (Å²) in [5.74, 6) is 0.503. The molecule has 0 spiro atoms. The van der Waals surface area contributed by atoms with Crippen LogP contribution in [0.25, 0.3) is 16.8 Å². The quantitative estimate of drug-likeness (QED) is 0.153. The number of benzene rings is 4. The van der Waals surface area contributed by atoms with E-state index in [1.807, 2.05) is 18.2 Å². The molecule has 2 N–H and O–H groups in total. The molecule has 0 heterocycles. The number of carbonyl (C=O) groups excluding carboxylic acids is 1. The Labute approximate surface area is 217 Å². The van der Waals surface area contributed by atoms with Gasteiger partial charge in [-0.1, -0.05) is 36.4 Å². The van der Waals surface area contributed by atoms with E-state index in [2.05, 4.69) is 52.4 Å². The van der Waals surface area contributed by atoms with Gasteiger partial charge in [-0.3, -0.25) is 4.79 Å². The Bertz CT molecular complexity index is 1500. The van der Waals surface area contributed by atoms with Crippen molar-refractivity contribution < 1.29 is 19.4 Å². The Kier molecular flexibility index (Phi) is 7.57. The highest BCUT2D eigenvalue weighted by atomic mass is 79.9. The number of phenols is 1. The van der Waals surface area contributed by atoms with Crippen molar-refractivity contribution in [2.75, 3.05) is 12.4 Å². The average molecular weight is 543 g/mol. The molecule has 36 heavy (non-hydrogen) atoms. The van der Waals surface area contributed by atoms with Crippen molar-refractivity contribution in [2.45, 2.75) is 13.5 Å². The lowest BCUT2D eigenvalue weighted by atomic mass is 10.0. The number of nitriles is 1. The van der Waals surface area contributed by atoms with Crippen LogP contribution in [0.15, 0.2) is 82.8 Å². The van der Waals surface area contributed by atoms with Crippen LogP contribution in [0.1, 0.15) is 16.7 Å². The summed E-state index contributed by atoms with van der Waals surface area (Å²) in [6.45, 7) is 2.40. The third-order valence-electron chi connectivity index (χ3n) is 5.69. The Morgan fingerprint density at radius 2 is 1.86 bits per heavy atom. The topological polar surface area (TPSA) is 91.6 Å². The number of phenolic OH excluding ortho intramolecular Hbond substituents is 1. The smallest absolute Gasteiger partial charge is 0.266 e. The van der Waals surface area contributed by atoms with Crippen LogP contribution in [0.5, 0.6) is 17.2 Å². The summed E-state index contributed by atoms with van der Waals surface area (Å²) in [4.78, 5) is 12.6. The minimum atomic E-state index is -0.565. The maximum absolute atomic E-state index is 12.6. The van der Waals surface area contributed by atoms with Crippen LogP contribution in [0.4, 0.5) is 5.69 Å². The van der Waals surface area contributed by atoms with E-state index in [1.165, 1.54) is 25.3 Å². The molecule has 0 atom stereocenters. The summed E-state index contributed by atoms with van der Waals surface area (Å²) >= 11 is 3.55. The zero-order valence-electron chi connectivity index (χ0n) is 19.7. The Morgan fingerprint density at radius 3 is 2.58 bits per heavy atom. The fraction of sp³-hybridized carbons (Fsp3) is 0.103. The van der Waals surface area contributed by atoms with Crippen LogP contribution in [-0.4, -0.2) is 18.1 Å². The molecule has 0 saturated carbocycles. The molecule has 180 valence electrons. The van der Waals surface area contributed by atoms with E-state index in [9.17, 15) is 15.2 Å². The van der Waals surface area contributed by atoms with Gasteiger partial charge in [-0.25, -0.2) is 0 Å². The largest absolute Gasteiger partial charge is 0.508 e. The summed E-state index contributed by atoms with van der Waals surface area (Å²) in [5, 5.41) is 23.9. The zero-order valence-corrected chi connectivity index (χ0v) is 21.3. The predicted molar refractivity (Wildman–Crippen MR) is 144 cm³/mol. The molecule has 4 rings (SSSR count). The lowest BCUT2D eigenvalue weighted by molar-refractivity contribution is -0.112. The predicted octanol–water partition coefficient (Wildman–Crippen LogP) is 6.75. The van der Waals surface area contributed by atoms with E-state index in [4.69, 9.17) is 9.47 Å². The highest BCUT2D eigenvalue weighted by Gasteiger charge is 2.15. The molecule has 4 aromatic rings. The van der Waals surface area contributed by atoms with Gasteiger partial charge in [0.1, 0.15) is 24.0 Å². The van der Waals surface area contributed by atoms with Gasteiger partial charge in [0.25, 0.3) is 5.91 Å². The molecule has 7 heteroatoms. The van der Waals surface area contributed by atoms with E-state index in [-0.39, 0.29) is 11.3 Å². The van der Waals surface area contributed by atoms with Crippen molar-refractivity contribution in [3.63, 3.8) is 0 Å². The molecule has 0 aliphatic heterocycles. The first-order valence-corrected chi connectivity index (χ1v) is 11.9. The number of methoxy groups -OCH3 is 1. The number of nitrogens with one attached hydrogen (secondary N) is 1. The molecule has 0 aromatic heterocycles. The van der Waals surface area contributed by atoms with Crippen LogP contribution < -0.4 is 14.8 Å². The fourth-order valence-corrected chi connectivity index (χ4v) is 4.38. The van der Waals surface area contributed by atoms with Crippen molar-refractivity contribution in [3.8, 4) is 23.3 Å². The van der Waals surface area contributed by atoms with Gasteiger partial charge in [-0.2, -0.15) is 5.26 Å². The summed E-state index contributed by atoms with van der Waals surface area (Å²) in [7, 11) is 1.54. The number of anilines is 1. The monoisotopic (exact) mass is 542 g/mol. The van der Waals surface area contributed by atoms with Crippen molar-refractivity contribution in [2.24, 2.45) is 0 Å². The van der Waals surface area contributed by atoms with E-state index in [0.29, 0.717) is 33.8 Å². The van der Waals surface area contributed by atoms with Gasteiger partial charge in [-0.15, -0.1) is 0 Å². The Hall–Kier alpha value is -4.28. The number of ether oxygens (including phenoxy) is 2. The molecule has 0 unspecified atom stereocenters. The second-order valence-corrected chi connectivity index (χ2v) is 8.93. The fourth-order valence-electron chi connectivity index (χ4n) is 3.80.